The van der Waals surface area contributed by atoms with Crippen molar-refractivity contribution in [2.24, 2.45) is 5.73 Å². The van der Waals surface area contributed by atoms with Gasteiger partial charge < -0.3 is 15.4 Å². The molecule has 2 rings (SSSR count). The predicted octanol–water partition coefficient (Wildman–Crippen LogP) is -0.343. The molecular formula is C12H23N3O2. The minimum atomic E-state index is -0.0336. The number of nitrogens with zero attached hydrogens (tertiary/aromatic N) is 2. The molecule has 0 bridgehead atoms. The molecule has 2 N–H and O–H groups in total. The van der Waals surface area contributed by atoms with E-state index in [4.69, 9.17) is 10.5 Å². The number of amides is 1. The van der Waals surface area contributed by atoms with Gasteiger partial charge in [0.2, 0.25) is 5.91 Å². The lowest BCUT2D eigenvalue weighted by Crippen LogP contribution is -2.57. The molecule has 0 radical (unpaired) electrons. The summed E-state index contributed by atoms with van der Waals surface area (Å²) in [6.07, 6.45) is 2.47. The van der Waals surface area contributed by atoms with Crippen molar-refractivity contribution in [1.29, 1.82) is 0 Å². The van der Waals surface area contributed by atoms with Crippen LogP contribution in [-0.4, -0.2) is 67.2 Å². The highest BCUT2D eigenvalue weighted by Crippen LogP contribution is 2.17. The number of hydrogen-bond acceptors (Lipinski definition) is 4. The van der Waals surface area contributed by atoms with Crippen LogP contribution >= 0.6 is 0 Å². The maximum atomic E-state index is 12.2. The van der Waals surface area contributed by atoms with E-state index < -0.39 is 0 Å². The molecule has 5 nitrogen and oxygen atoms in total. The number of hydrogen-bond donors (Lipinski definition) is 1. The molecule has 5 heteroatoms. The van der Waals surface area contributed by atoms with Crippen LogP contribution in [0.15, 0.2) is 0 Å². The zero-order valence-electron chi connectivity index (χ0n) is 10.6. The van der Waals surface area contributed by atoms with Crippen molar-refractivity contribution in [3.05, 3.63) is 0 Å². The average Bonchev–Trinajstić information content (AvgIpc) is 2.82. The van der Waals surface area contributed by atoms with E-state index in [9.17, 15) is 4.79 Å². The fraction of sp³-hybridized carbons (Fsp3) is 0.917. The fourth-order valence-electron chi connectivity index (χ4n) is 2.66. The van der Waals surface area contributed by atoms with E-state index in [0.717, 1.165) is 45.6 Å². The molecule has 98 valence electrons. The third-order valence-corrected chi connectivity index (χ3v) is 3.74. The molecule has 0 saturated carbocycles. The number of carbonyl (C=O) groups is 1. The average molecular weight is 241 g/mol. The van der Waals surface area contributed by atoms with Crippen molar-refractivity contribution in [3.63, 3.8) is 0 Å². The fourth-order valence-corrected chi connectivity index (χ4v) is 2.66. The van der Waals surface area contributed by atoms with E-state index in [1.54, 1.807) is 0 Å². The summed E-state index contributed by atoms with van der Waals surface area (Å²) in [6, 6.07) is -0.0336. The first-order valence-corrected chi connectivity index (χ1v) is 6.57. The van der Waals surface area contributed by atoms with Crippen LogP contribution in [0.1, 0.15) is 19.8 Å². The van der Waals surface area contributed by atoms with Gasteiger partial charge in [-0.3, -0.25) is 9.69 Å². The third kappa shape index (κ3) is 2.97. The monoisotopic (exact) mass is 241 g/mol. The zero-order chi connectivity index (χ0) is 12.3. The molecule has 2 unspecified atom stereocenters. The molecule has 2 aliphatic rings. The minimum absolute atomic E-state index is 0.0336. The van der Waals surface area contributed by atoms with Crippen LogP contribution < -0.4 is 5.73 Å². The first kappa shape index (κ1) is 12.8. The second-order valence-electron chi connectivity index (χ2n) is 4.92. The van der Waals surface area contributed by atoms with Crippen LogP contribution in [0.3, 0.4) is 0 Å². The Kier molecular flexibility index (Phi) is 4.36. The Hall–Kier alpha value is -0.650. The van der Waals surface area contributed by atoms with Crippen molar-refractivity contribution in [2.75, 3.05) is 39.3 Å². The van der Waals surface area contributed by atoms with Crippen molar-refractivity contribution in [3.8, 4) is 0 Å². The van der Waals surface area contributed by atoms with Gasteiger partial charge in [0.05, 0.1) is 12.1 Å². The Morgan fingerprint density at radius 2 is 2.29 bits per heavy atom. The van der Waals surface area contributed by atoms with Crippen molar-refractivity contribution in [1.82, 2.24) is 9.80 Å². The van der Waals surface area contributed by atoms with E-state index in [1.807, 2.05) is 11.8 Å². The van der Waals surface area contributed by atoms with Crippen LogP contribution in [0.25, 0.3) is 0 Å². The van der Waals surface area contributed by atoms with Gasteiger partial charge in [-0.25, -0.2) is 0 Å². The molecular weight excluding hydrogens is 218 g/mol. The van der Waals surface area contributed by atoms with E-state index in [1.165, 1.54) is 0 Å². The zero-order valence-corrected chi connectivity index (χ0v) is 10.6. The lowest BCUT2D eigenvalue weighted by Gasteiger charge is -2.39. The standard InChI is InChI=1S/C12H23N3O2/c1-10-12(16)15(7-6-14(10)5-4-13)9-11-3-2-8-17-11/h10-11H,2-9,13H2,1H3. The van der Waals surface area contributed by atoms with Crippen molar-refractivity contribution >= 4 is 5.91 Å². The maximum absolute atomic E-state index is 12.2. The number of piperazine rings is 1. The van der Waals surface area contributed by atoms with E-state index in [2.05, 4.69) is 4.90 Å². The Bertz CT molecular complexity index is 266. The number of carbonyl (C=O) groups excluding carboxylic acids is 1. The molecule has 0 aromatic heterocycles. The maximum Gasteiger partial charge on any atom is 0.239 e. The van der Waals surface area contributed by atoms with E-state index in [-0.39, 0.29) is 18.1 Å². The first-order chi connectivity index (χ1) is 8.22. The van der Waals surface area contributed by atoms with Gasteiger partial charge >= 0.3 is 0 Å². The molecule has 2 atom stereocenters. The van der Waals surface area contributed by atoms with Crippen LogP contribution in [0.2, 0.25) is 0 Å². The van der Waals surface area contributed by atoms with E-state index >= 15 is 0 Å². The summed E-state index contributed by atoms with van der Waals surface area (Å²) in [5.41, 5.74) is 5.55. The Balaban J connectivity index is 1.86. The van der Waals surface area contributed by atoms with Crippen LogP contribution in [0.4, 0.5) is 0 Å². The lowest BCUT2D eigenvalue weighted by atomic mass is 10.1. The molecule has 0 spiro atoms. The minimum Gasteiger partial charge on any atom is -0.376 e. The highest BCUT2D eigenvalue weighted by molar-refractivity contribution is 5.82. The van der Waals surface area contributed by atoms with E-state index in [0.29, 0.717) is 6.54 Å². The highest BCUT2D eigenvalue weighted by atomic mass is 16.5. The number of ether oxygens (including phenoxy) is 1. The predicted molar refractivity (Wildman–Crippen MR) is 65.6 cm³/mol. The normalized spacial score (nSPS) is 31.2. The Morgan fingerprint density at radius 1 is 1.47 bits per heavy atom. The summed E-state index contributed by atoms with van der Waals surface area (Å²) >= 11 is 0. The quantitative estimate of drug-likeness (QED) is 0.731. The number of rotatable bonds is 4. The van der Waals surface area contributed by atoms with Gasteiger partial charge in [-0.2, -0.15) is 0 Å². The molecule has 1 amide bonds. The smallest absolute Gasteiger partial charge is 0.239 e. The third-order valence-electron chi connectivity index (χ3n) is 3.74. The molecule has 2 aliphatic heterocycles. The van der Waals surface area contributed by atoms with Gasteiger partial charge in [0.15, 0.2) is 0 Å². The van der Waals surface area contributed by atoms with Crippen molar-refractivity contribution < 1.29 is 9.53 Å². The molecule has 0 aromatic carbocycles. The Morgan fingerprint density at radius 3 is 2.94 bits per heavy atom. The SMILES string of the molecule is CC1C(=O)N(CC2CCCO2)CCN1CCN. The Labute approximate surface area is 103 Å². The molecule has 2 fully saturated rings. The van der Waals surface area contributed by atoms with Gasteiger partial charge in [-0.1, -0.05) is 0 Å². The lowest BCUT2D eigenvalue weighted by molar-refractivity contribution is -0.142. The van der Waals surface area contributed by atoms with Crippen molar-refractivity contribution in [2.45, 2.75) is 31.9 Å². The molecule has 17 heavy (non-hydrogen) atoms. The molecule has 0 aromatic rings. The second kappa shape index (κ2) is 5.80. The molecule has 2 saturated heterocycles. The molecule has 2 heterocycles. The largest absolute Gasteiger partial charge is 0.376 e. The summed E-state index contributed by atoms with van der Waals surface area (Å²) in [7, 11) is 0. The summed E-state index contributed by atoms with van der Waals surface area (Å²) in [6.45, 7) is 6.74. The summed E-state index contributed by atoms with van der Waals surface area (Å²) in [5, 5.41) is 0. The summed E-state index contributed by atoms with van der Waals surface area (Å²) in [4.78, 5) is 16.3. The van der Waals surface area contributed by atoms with Gasteiger partial charge in [0, 0.05) is 39.3 Å². The summed E-state index contributed by atoms with van der Waals surface area (Å²) < 4.78 is 5.59. The first-order valence-electron chi connectivity index (χ1n) is 6.57. The van der Waals surface area contributed by atoms with Crippen LogP contribution in [0, 0.1) is 0 Å². The van der Waals surface area contributed by atoms with Gasteiger partial charge in [-0.05, 0) is 19.8 Å². The van der Waals surface area contributed by atoms with Gasteiger partial charge in [0.1, 0.15) is 0 Å². The van der Waals surface area contributed by atoms with Crippen LogP contribution in [0.5, 0.6) is 0 Å². The second-order valence-corrected chi connectivity index (χ2v) is 4.92. The summed E-state index contributed by atoms with van der Waals surface area (Å²) in [5.74, 6) is 0.222. The molecule has 0 aliphatic carbocycles. The number of nitrogens with two attached hydrogens (primary N) is 1. The van der Waals surface area contributed by atoms with Gasteiger partial charge in [-0.15, -0.1) is 0 Å². The highest BCUT2D eigenvalue weighted by Gasteiger charge is 2.32. The van der Waals surface area contributed by atoms with Crippen LogP contribution in [-0.2, 0) is 9.53 Å². The topological polar surface area (TPSA) is 58.8 Å². The van der Waals surface area contributed by atoms with Gasteiger partial charge in [0.25, 0.3) is 0 Å².